The first-order chi connectivity index (χ1) is 8.69. The third kappa shape index (κ3) is 3.16. The monoisotopic (exact) mass is 248 g/mol. The highest BCUT2D eigenvalue weighted by molar-refractivity contribution is 5.08. The molecule has 2 aromatic rings. The van der Waals surface area contributed by atoms with E-state index < -0.39 is 0 Å². The van der Waals surface area contributed by atoms with Crippen LogP contribution in [0.4, 0.5) is 0 Å². The summed E-state index contributed by atoms with van der Waals surface area (Å²) in [4.78, 5) is 4.28. The molecular formula is C12H20N6. The Hall–Kier alpha value is -1.69. The van der Waals surface area contributed by atoms with Crippen molar-refractivity contribution in [1.29, 1.82) is 0 Å². The lowest BCUT2D eigenvalue weighted by molar-refractivity contribution is 0.598. The Labute approximate surface area is 107 Å². The average molecular weight is 248 g/mol. The molecular weight excluding hydrogens is 228 g/mol. The molecule has 0 saturated heterocycles. The van der Waals surface area contributed by atoms with Gasteiger partial charge in [-0.2, -0.15) is 10.2 Å². The van der Waals surface area contributed by atoms with Gasteiger partial charge in [0.05, 0.1) is 24.5 Å². The largest absolute Gasteiger partial charge is 0.310 e. The summed E-state index contributed by atoms with van der Waals surface area (Å²) in [6, 6.07) is 2.07. The van der Waals surface area contributed by atoms with E-state index in [1.165, 1.54) is 0 Å². The molecule has 0 radical (unpaired) electrons. The average Bonchev–Trinajstić information content (AvgIpc) is 2.88. The van der Waals surface area contributed by atoms with Gasteiger partial charge in [0.2, 0.25) is 0 Å². The fraction of sp³-hybridized carbons (Fsp3) is 0.583. The first kappa shape index (κ1) is 12.8. The lowest BCUT2D eigenvalue weighted by atomic mass is 10.4. The summed E-state index contributed by atoms with van der Waals surface area (Å²) in [6.45, 7) is 6.56. The first-order valence-corrected chi connectivity index (χ1v) is 6.27. The number of aryl methyl sites for hydroxylation is 2. The van der Waals surface area contributed by atoms with Crippen molar-refractivity contribution in [3.05, 3.63) is 29.6 Å². The van der Waals surface area contributed by atoms with Crippen molar-refractivity contribution in [2.45, 2.75) is 33.4 Å². The molecule has 98 valence electrons. The second-order valence-corrected chi connectivity index (χ2v) is 4.44. The molecule has 6 nitrogen and oxygen atoms in total. The van der Waals surface area contributed by atoms with Crippen LogP contribution in [-0.4, -0.2) is 31.1 Å². The topological polar surface area (TPSA) is 60.6 Å². The normalized spacial score (nSPS) is 11.1. The van der Waals surface area contributed by atoms with E-state index in [0.717, 1.165) is 36.7 Å². The zero-order valence-electron chi connectivity index (χ0n) is 11.2. The lowest BCUT2D eigenvalue weighted by Gasteiger charge is -2.01. The third-order valence-electron chi connectivity index (χ3n) is 2.72. The second-order valence-electron chi connectivity index (χ2n) is 4.44. The Morgan fingerprint density at radius 3 is 2.83 bits per heavy atom. The Morgan fingerprint density at radius 1 is 1.33 bits per heavy atom. The maximum absolute atomic E-state index is 4.43. The van der Waals surface area contributed by atoms with E-state index >= 15 is 0 Å². The van der Waals surface area contributed by atoms with Crippen molar-refractivity contribution in [2.24, 2.45) is 7.05 Å². The predicted molar refractivity (Wildman–Crippen MR) is 69.1 cm³/mol. The van der Waals surface area contributed by atoms with Crippen LogP contribution in [0.15, 0.2) is 12.4 Å². The van der Waals surface area contributed by atoms with Crippen molar-refractivity contribution in [1.82, 2.24) is 29.9 Å². The van der Waals surface area contributed by atoms with Crippen LogP contribution in [0.1, 0.15) is 30.6 Å². The number of aromatic nitrogens is 5. The number of rotatable bonds is 6. The molecule has 0 unspecified atom stereocenters. The van der Waals surface area contributed by atoms with Gasteiger partial charge in [-0.05, 0) is 26.0 Å². The van der Waals surface area contributed by atoms with Crippen LogP contribution >= 0.6 is 0 Å². The highest BCUT2D eigenvalue weighted by Crippen LogP contribution is 2.03. The Bertz CT molecular complexity index is 498. The minimum atomic E-state index is 0.706. The number of nitrogens with zero attached hydrogens (tertiary/aromatic N) is 5. The highest BCUT2D eigenvalue weighted by Gasteiger charge is 2.05. The van der Waals surface area contributed by atoms with Gasteiger partial charge in [-0.25, -0.2) is 9.67 Å². The minimum absolute atomic E-state index is 0.706. The number of hydrogen-bond acceptors (Lipinski definition) is 4. The van der Waals surface area contributed by atoms with Crippen molar-refractivity contribution in [3.63, 3.8) is 0 Å². The van der Waals surface area contributed by atoms with Crippen LogP contribution in [0.5, 0.6) is 0 Å². The molecule has 1 N–H and O–H groups in total. The molecule has 0 spiro atoms. The molecule has 0 aliphatic carbocycles. The maximum atomic E-state index is 4.43. The molecule has 6 heteroatoms. The van der Waals surface area contributed by atoms with Crippen LogP contribution in [0.2, 0.25) is 0 Å². The van der Waals surface area contributed by atoms with Crippen LogP contribution in [-0.2, 0) is 20.1 Å². The van der Waals surface area contributed by atoms with Crippen molar-refractivity contribution >= 4 is 0 Å². The van der Waals surface area contributed by atoms with Crippen molar-refractivity contribution < 1.29 is 0 Å². The van der Waals surface area contributed by atoms with E-state index in [0.29, 0.717) is 6.54 Å². The van der Waals surface area contributed by atoms with Gasteiger partial charge in [0.25, 0.3) is 0 Å². The Balaban J connectivity index is 1.96. The van der Waals surface area contributed by atoms with Gasteiger partial charge in [-0.1, -0.05) is 6.92 Å². The molecule has 0 aromatic carbocycles. The van der Waals surface area contributed by atoms with E-state index in [9.17, 15) is 0 Å². The summed E-state index contributed by atoms with van der Waals surface area (Å²) in [5.74, 6) is 0.836. The molecule has 0 amide bonds. The van der Waals surface area contributed by atoms with Gasteiger partial charge in [-0.15, -0.1) is 0 Å². The molecule has 2 rings (SSSR count). The first-order valence-electron chi connectivity index (χ1n) is 6.27. The SMILES string of the molecule is CCCNCc1ncn(Cc2cc(C)nn2C)n1. The highest BCUT2D eigenvalue weighted by atomic mass is 15.4. The Morgan fingerprint density at radius 2 is 2.17 bits per heavy atom. The molecule has 18 heavy (non-hydrogen) atoms. The van der Waals surface area contributed by atoms with Crippen LogP contribution in [0, 0.1) is 6.92 Å². The van der Waals surface area contributed by atoms with Gasteiger partial charge in [0, 0.05) is 7.05 Å². The quantitative estimate of drug-likeness (QED) is 0.771. The predicted octanol–water partition coefficient (Wildman–Crippen LogP) is 0.868. The molecule has 0 saturated carbocycles. The summed E-state index contributed by atoms with van der Waals surface area (Å²) in [7, 11) is 1.95. The van der Waals surface area contributed by atoms with Gasteiger partial charge in [-0.3, -0.25) is 4.68 Å². The fourth-order valence-corrected chi connectivity index (χ4v) is 1.85. The second kappa shape index (κ2) is 5.77. The van der Waals surface area contributed by atoms with Crippen molar-refractivity contribution in [2.75, 3.05) is 6.54 Å². The Kier molecular flexibility index (Phi) is 4.09. The summed E-state index contributed by atoms with van der Waals surface area (Å²) in [5, 5.41) is 12.0. The van der Waals surface area contributed by atoms with E-state index in [1.807, 2.05) is 23.3 Å². The molecule has 2 heterocycles. The summed E-state index contributed by atoms with van der Waals surface area (Å²) >= 11 is 0. The van der Waals surface area contributed by atoms with Gasteiger partial charge in [0.15, 0.2) is 5.82 Å². The zero-order chi connectivity index (χ0) is 13.0. The van der Waals surface area contributed by atoms with E-state index in [1.54, 1.807) is 6.33 Å². The standard InChI is InChI=1S/C12H20N6/c1-4-5-13-7-12-14-9-18(16-12)8-11-6-10(2)15-17(11)3/h6,9,13H,4-5,7-8H2,1-3H3. The minimum Gasteiger partial charge on any atom is -0.310 e. The van der Waals surface area contributed by atoms with Gasteiger partial charge >= 0.3 is 0 Å². The maximum Gasteiger partial charge on any atom is 0.164 e. The number of nitrogens with one attached hydrogen (secondary N) is 1. The molecule has 0 fully saturated rings. The number of hydrogen-bond donors (Lipinski definition) is 1. The summed E-state index contributed by atoms with van der Waals surface area (Å²) in [5.41, 5.74) is 2.16. The third-order valence-corrected chi connectivity index (χ3v) is 2.72. The van der Waals surface area contributed by atoms with Crippen molar-refractivity contribution in [3.8, 4) is 0 Å². The smallest absolute Gasteiger partial charge is 0.164 e. The molecule has 0 atom stereocenters. The molecule has 2 aromatic heterocycles. The fourth-order valence-electron chi connectivity index (χ4n) is 1.85. The lowest BCUT2D eigenvalue weighted by Crippen LogP contribution is -2.15. The van der Waals surface area contributed by atoms with E-state index in [-0.39, 0.29) is 0 Å². The van der Waals surface area contributed by atoms with Gasteiger partial charge < -0.3 is 5.32 Å². The van der Waals surface area contributed by atoms with Crippen LogP contribution in [0.25, 0.3) is 0 Å². The summed E-state index contributed by atoms with van der Waals surface area (Å²) < 4.78 is 3.73. The molecule has 0 aliphatic heterocycles. The van der Waals surface area contributed by atoms with Gasteiger partial charge in [0.1, 0.15) is 6.33 Å². The zero-order valence-corrected chi connectivity index (χ0v) is 11.2. The van der Waals surface area contributed by atoms with Crippen LogP contribution in [0.3, 0.4) is 0 Å². The van der Waals surface area contributed by atoms with Crippen LogP contribution < -0.4 is 5.32 Å². The molecule has 0 bridgehead atoms. The molecule has 0 aliphatic rings. The summed E-state index contributed by atoms with van der Waals surface area (Å²) in [6.07, 6.45) is 2.89. The van der Waals surface area contributed by atoms with E-state index in [2.05, 4.69) is 33.5 Å². The van der Waals surface area contributed by atoms with E-state index in [4.69, 9.17) is 0 Å².